The summed E-state index contributed by atoms with van der Waals surface area (Å²) in [6.45, 7) is 4.73. The van der Waals surface area contributed by atoms with Crippen LogP contribution in [-0.2, 0) is 5.41 Å². The Balaban J connectivity index is 1.22. The minimum Gasteiger partial charge on any atom is -0.309 e. The SMILES string of the molecule is CC1(C)c2ccccc2-c2ccc(N(c3ccccc3-c3ccccc3)c3cccc4c3c3ccccc3n4-c3cc(-c4ccccc4)ccc3-c3ccccc3)cc21. The number of fused-ring (bicyclic) bond motifs is 6. The van der Waals surface area contributed by atoms with E-state index in [1.807, 2.05) is 0 Å². The van der Waals surface area contributed by atoms with Crippen molar-refractivity contribution in [3.8, 4) is 50.2 Å². The van der Waals surface area contributed by atoms with Gasteiger partial charge < -0.3 is 9.47 Å². The van der Waals surface area contributed by atoms with Gasteiger partial charge in [0.2, 0.25) is 0 Å². The average molecular weight is 755 g/mol. The molecule has 59 heavy (non-hydrogen) atoms. The molecule has 0 aliphatic heterocycles. The van der Waals surface area contributed by atoms with Crippen LogP contribution in [0.2, 0.25) is 0 Å². The largest absolute Gasteiger partial charge is 0.309 e. The van der Waals surface area contributed by atoms with Crippen LogP contribution in [0.3, 0.4) is 0 Å². The second-order valence-electron chi connectivity index (χ2n) is 16.1. The Morgan fingerprint density at radius 2 is 0.932 bits per heavy atom. The maximum absolute atomic E-state index is 2.51. The van der Waals surface area contributed by atoms with Crippen molar-refractivity contribution in [2.45, 2.75) is 19.3 Å². The molecule has 0 fully saturated rings. The molecule has 0 radical (unpaired) electrons. The van der Waals surface area contributed by atoms with Crippen molar-refractivity contribution in [1.82, 2.24) is 4.57 Å². The lowest BCUT2D eigenvalue weighted by atomic mass is 9.82. The van der Waals surface area contributed by atoms with Gasteiger partial charge in [-0.1, -0.05) is 190 Å². The van der Waals surface area contributed by atoms with Gasteiger partial charge >= 0.3 is 0 Å². The van der Waals surface area contributed by atoms with Crippen LogP contribution in [0.4, 0.5) is 17.1 Å². The van der Waals surface area contributed by atoms with E-state index in [1.54, 1.807) is 0 Å². The van der Waals surface area contributed by atoms with Crippen LogP contribution in [-0.4, -0.2) is 4.57 Å². The maximum Gasteiger partial charge on any atom is 0.0562 e. The molecule has 10 aromatic rings. The zero-order chi connectivity index (χ0) is 39.5. The van der Waals surface area contributed by atoms with Crippen molar-refractivity contribution >= 4 is 38.9 Å². The second kappa shape index (κ2) is 13.9. The lowest BCUT2D eigenvalue weighted by Crippen LogP contribution is -2.17. The highest BCUT2D eigenvalue weighted by molar-refractivity contribution is 6.17. The van der Waals surface area contributed by atoms with Gasteiger partial charge in [0, 0.05) is 33.0 Å². The number of rotatable bonds is 7. The molecule has 0 saturated carbocycles. The quantitative estimate of drug-likeness (QED) is 0.157. The fourth-order valence-corrected chi connectivity index (χ4v) is 9.60. The van der Waals surface area contributed by atoms with E-state index in [-0.39, 0.29) is 5.41 Å². The minimum absolute atomic E-state index is 0.147. The van der Waals surface area contributed by atoms with Gasteiger partial charge in [-0.05, 0) is 87.0 Å². The van der Waals surface area contributed by atoms with Gasteiger partial charge in [0.1, 0.15) is 0 Å². The standard InChI is InChI=1S/C57H42N2/c1-57(2)49-28-15-12-26-46(49)47-36-34-43(38-50(47)57)58(51-29-16-13-25-44(51)40-21-8-4-9-22-40)53-31-18-32-54-56(53)48-27-14-17-30-52(48)59(54)55-37-42(39-19-6-3-7-20-39)33-35-45(55)41-23-10-5-11-24-41/h3-38H,1-2H3. The highest BCUT2D eigenvalue weighted by Crippen LogP contribution is 2.52. The Bertz CT molecular complexity index is 3170. The predicted molar refractivity (Wildman–Crippen MR) is 249 cm³/mol. The predicted octanol–water partition coefficient (Wildman–Crippen LogP) is 15.6. The summed E-state index contributed by atoms with van der Waals surface area (Å²) in [4.78, 5) is 2.51. The van der Waals surface area contributed by atoms with Crippen molar-refractivity contribution in [2.75, 3.05) is 4.90 Å². The zero-order valence-electron chi connectivity index (χ0n) is 33.2. The number of benzene rings is 9. The monoisotopic (exact) mass is 754 g/mol. The van der Waals surface area contributed by atoms with E-state index < -0.39 is 0 Å². The van der Waals surface area contributed by atoms with E-state index >= 15 is 0 Å². The summed E-state index contributed by atoms with van der Waals surface area (Å²) in [7, 11) is 0. The van der Waals surface area contributed by atoms with Gasteiger partial charge in [0.15, 0.2) is 0 Å². The molecular weight excluding hydrogens is 713 g/mol. The normalized spacial score (nSPS) is 12.7. The lowest BCUT2D eigenvalue weighted by molar-refractivity contribution is 0.660. The molecule has 0 unspecified atom stereocenters. The zero-order valence-corrected chi connectivity index (χ0v) is 33.2. The number of aromatic nitrogens is 1. The van der Waals surface area contributed by atoms with Crippen molar-refractivity contribution in [1.29, 1.82) is 0 Å². The summed E-state index contributed by atoms with van der Waals surface area (Å²) in [5.41, 5.74) is 19.2. The minimum atomic E-state index is -0.147. The molecule has 2 heteroatoms. The first kappa shape index (κ1) is 34.8. The topological polar surface area (TPSA) is 8.17 Å². The molecule has 1 aliphatic rings. The van der Waals surface area contributed by atoms with Crippen molar-refractivity contribution in [3.05, 3.63) is 230 Å². The molecule has 0 atom stereocenters. The highest BCUT2D eigenvalue weighted by atomic mass is 15.2. The van der Waals surface area contributed by atoms with E-state index in [2.05, 4.69) is 242 Å². The average Bonchev–Trinajstić information content (AvgIpc) is 3.76. The van der Waals surface area contributed by atoms with Gasteiger partial charge in [0.25, 0.3) is 0 Å². The molecule has 1 aliphatic carbocycles. The number of nitrogens with zero attached hydrogens (tertiary/aromatic N) is 2. The summed E-state index contributed by atoms with van der Waals surface area (Å²) >= 11 is 0. The van der Waals surface area contributed by atoms with Crippen LogP contribution in [0.15, 0.2) is 218 Å². The molecule has 0 N–H and O–H groups in total. The first-order valence-electron chi connectivity index (χ1n) is 20.5. The highest BCUT2D eigenvalue weighted by Gasteiger charge is 2.36. The molecule has 0 spiro atoms. The summed E-state index contributed by atoms with van der Waals surface area (Å²) in [6, 6.07) is 79.9. The van der Waals surface area contributed by atoms with Crippen LogP contribution in [0.25, 0.3) is 72.0 Å². The van der Waals surface area contributed by atoms with E-state index in [1.165, 1.54) is 71.9 Å². The van der Waals surface area contributed by atoms with Gasteiger partial charge in [0.05, 0.1) is 28.1 Å². The van der Waals surface area contributed by atoms with Crippen LogP contribution < -0.4 is 4.90 Å². The second-order valence-corrected chi connectivity index (χ2v) is 16.1. The molecule has 1 heterocycles. The molecular formula is C57H42N2. The van der Waals surface area contributed by atoms with Gasteiger partial charge in [-0.2, -0.15) is 0 Å². The van der Waals surface area contributed by atoms with Crippen molar-refractivity contribution < 1.29 is 0 Å². The smallest absolute Gasteiger partial charge is 0.0562 e. The molecule has 11 rings (SSSR count). The number of hydrogen-bond donors (Lipinski definition) is 0. The van der Waals surface area contributed by atoms with E-state index in [4.69, 9.17) is 0 Å². The number of anilines is 3. The molecule has 0 saturated heterocycles. The molecule has 280 valence electrons. The molecule has 1 aromatic heterocycles. The Kier molecular flexibility index (Phi) is 8.20. The maximum atomic E-state index is 2.51. The first-order chi connectivity index (χ1) is 29.1. The van der Waals surface area contributed by atoms with Crippen LogP contribution in [0.1, 0.15) is 25.0 Å². The lowest BCUT2D eigenvalue weighted by Gasteiger charge is -2.30. The Labute approximate surface area is 345 Å². The van der Waals surface area contributed by atoms with Gasteiger partial charge in [-0.25, -0.2) is 0 Å². The molecule has 9 aromatic carbocycles. The third-order valence-corrected chi connectivity index (χ3v) is 12.4. The van der Waals surface area contributed by atoms with Gasteiger partial charge in [-0.3, -0.25) is 0 Å². The Morgan fingerprint density at radius 1 is 0.373 bits per heavy atom. The van der Waals surface area contributed by atoms with E-state index in [0.717, 1.165) is 28.3 Å². The summed E-state index contributed by atoms with van der Waals surface area (Å²) < 4.78 is 2.49. The molecule has 0 bridgehead atoms. The number of para-hydroxylation sites is 2. The fraction of sp³-hybridized carbons (Fsp3) is 0.0526. The van der Waals surface area contributed by atoms with Crippen molar-refractivity contribution in [2.24, 2.45) is 0 Å². The fourth-order valence-electron chi connectivity index (χ4n) is 9.60. The number of hydrogen-bond acceptors (Lipinski definition) is 1. The van der Waals surface area contributed by atoms with E-state index in [9.17, 15) is 0 Å². The summed E-state index contributed by atoms with van der Waals surface area (Å²) in [5.74, 6) is 0. The molecule has 0 amide bonds. The Hall–Kier alpha value is -7.42. The third kappa shape index (κ3) is 5.63. The third-order valence-electron chi connectivity index (χ3n) is 12.4. The van der Waals surface area contributed by atoms with E-state index in [0.29, 0.717) is 0 Å². The Morgan fingerprint density at radius 3 is 1.69 bits per heavy atom. The van der Waals surface area contributed by atoms with Crippen LogP contribution in [0.5, 0.6) is 0 Å². The summed E-state index contributed by atoms with van der Waals surface area (Å²) in [6.07, 6.45) is 0. The van der Waals surface area contributed by atoms with Crippen LogP contribution in [0, 0.1) is 0 Å². The summed E-state index contributed by atoms with van der Waals surface area (Å²) in [5, 5.41) is 2.41. The van der Waals surface area contributed by atoms with Gasteiger partial charge in [-0.15, -0.1) is 0 Å². The molecule has 2 nitrogen and oxygen atoms in total. The van der Waals surface area contributed by atoms with Crippen molar-refractivity contribution in [3.63, 3.8) is 0 Å². The first-order valence-corrected chi connectivity index (χ1v) is 20.5. The van der Waals surface area contributed by atoms with Crippen LogP contribution >= 0.6 is 0 Å².